The predicted octanol–water partition coefficient (Wildman–Crippen LogP) is 2.93. The molecule has 0 bridgehead atoms. The molecule has 1 aliphatic heterocycles. The van der Waals surface area contributed by atoms with Gasteiger partial charge in [0.05, 0.1) is 18.9 Å². The van der Waals surface area contributed by atoms with E-state index in [9.17, 15) is 4.79 Å². The van der Waals surface area contributed by atoms with Gasteiger partial charge in [-0.15, -0.1) is 0 Å². The van der Waals surface area contributed by atoms with Crippen molar-refractivity contribution in [3.63, 3.8) is 0 Å². The van der Waals surface area contributed by atoms with Crippen molar-refractivity contribution in [2.45, 2.75) is 11.8 Å². The summed E-state index contributed by atoms with van der Waals surface area (Å²) in [4.78, 5) is 11.9. The minimum atomic E-state index is -0.453. The van der Waals surface area contributed by atoms with E-state index in [1.54, 1.807) is 0 Å². The number of benzene rings is 2. The number of ether oxygens (including phenoxy) is 2. The Kier molecular flexibility index (Phi) is 3.18. The van der Waals surface area contributed by atoms with Gasteiger partial charge in [0.25, 0.3) is 0 Å². The first-order valence-electron chi connectivity index (χ1n) is 6.61. The second-order valence-corrected chi connectivity index (χ2v) is 4.99. The fraction of sp³-hybridized carbons (Fsp3) is 0.235. The molecule has 1 heterocycles. The lowest BCUT2D eigenvalue weighted by Gasteiger charge is -2.27. The Labute approximate surface area is 118 Å². The predicted molar refractivity (Wildman–Crippen MR) is 75.8 cm³/mol. The van der Waals surface area contributed by atoms with Crippen LogP contribution >= 0.6 is 0 Å². The van der Waals surface area contributed by atoms with Crippen molar-refractivity contribution in [3.05, 3.63) is 65.7 Å². The molecular weight excluding hydrogens is 252 g/mol. The first kappa shape index (κ1) is 12.7. The average molecular weight is 268 g/mol. The third-order valence-corrected chi connectivity index (χ3v) is 3.88. The zero-order valence-corrected chi connectivity index (χ0v) is 11.3. The summed E-state index contributed by atoms with van der Waals surface area (Å²) in [5.74, 6) is 0.620. The highest BCUT2D eigenvalue weighted by molar-refractivity contribution is 5.74. The number of hydrogen-bond acceptors (Lipinski definition) is 3. The molecule has 0 unspecified atom stereocenters. The smallest absolute Gasteiger partial charge is 0.306 e. The van der Waals surface area contributed by atoms with Crippen LogP contribution in [0.3, 0.4) is 0 Å². The van der Waals surface area contributed by atoms with Crippen molar-refractivity contribution < 1.29 is 14.3 Å². The molecule has 0 saturated heterocycles. The Bertz CT molecular complexity index is 621. The molecule has 3 heteroatoms. The Hall–Kier alpha value is -2.29. The van der Waals surface area contributed by atoms with E-state index in [2.05, 4.69) is 0 Å². The number of rotatable bonds is 3. The number of para-hydroxylation sites is 1. The molecule has 0 amide bonds. The Morgan fingerprint density at radius 3 is 2.60 bits per heavy atom. The zero-order chi connectivity index (χ0) is 14.0. The van der Waals surface area contributed by atoms with Crippen LogP contribution in [0, 0.1) is 0 Å². The fourth-order valence-corrected chi connectivity index (χ4v) is 2.83. The maximum Gasteiger partial charge on any atom is 0.306 e. The van der Waals surface area contributed by atoms with Crippen molar-refractivity contribution in [2.24, 2.45) is 0 Å². The molecule has 0 N–H and O–H groups in total. The molecule has 2 aromatic rings. The van der Waals surface area contributed by atoms with Crippen LogP contribution < -0.4 is 4.74 Å². The van der Waals surface area contributed by atoms with E-state index in [1.807, 2.05) is 54.6 Å². The van der Waals surface area contributed by atoms with Gasteiger partial charge in [0.15, 0.2) is 0 Å². The lowest BCUT2D eigenvalue weighted by Crippen LogP contribution is -2.33. The van der Waals surface area contributed by atoms with Crippen molar-refractivity contribution in [1.82, 2.24) is 0 Å². The summed E-state index contributed by atoms with van der Waals surface area (Å²) >= 11 is 0. The molecule has 0 saturated carbocycles. The van der Waals surface area contributed by atoms with Gasteiger partial charge < -0.3 is 9.47 Å². The number of methoxy groups -OCH3 is 1. The van der Waals surface area contributed by atoms with Crippen molar-refractivity contribution in [3.8, 4) is 5.75 Å². The summed E-state index contributed by atoms with van der Waals surface area (Å²) in [5.41, 5.74) is 1.68. The van der Waals surface area contributed by atoms with Crippen molar-refractivity contribution >= 4 is 5.97 Å². The molecule has 0 radical (unpaired) electrons. The zero-order valence-electron chi connectivity index (χ0n) is 11.3. The van der Waals surface area contributed by atoms with Crippen LogP contribution in [0.25, 0.3) is 0 Å². The van der Waals surface area contributed by atoms with Gasteiger partial charge in [0.2, 0.25) is 0 Å². The molecule has 0 aromatic heterocycles. The summed E-state index contributed by atoms with van der Waals surface area (Å²) in [6, 6.07) is 17.9. The van der Waals surface area contributed by atoms with E-state index in [0.29, 0.717) is 6.61 Å². The molecule has 0 aliphatic carbocycles. The molecule has 3 rings (SSSR count). The Morgan fingerprint density at radius 2 is 1.85 bits per heavy atom. The van der Waals surface area contributed by atoms with Gasteiger partial charge in [-0.25, -0.2) is 0 Å². The fourth-order valence-electron chi connectivity index (χ4n) is 2.83. The van der Waals surface area contributed by atoms with Crippen molar-refractivity contribution in [1.29, 1.82) is 0 Å². The number of esters is 1. The van der Waals surface area contributed by atoms with E-state index in [1.165, 1.54) is 7.11 Å². The van der Waals surface area contributed by atoms with Gasteiger partial charge in [-0.3, -0.25) is 4.79 Å². The van der Waals surface area contributed by atoms with Crippen LogP contribution in [-0.4, -0.2) is 19.7 Å². The molecular formula is C17H16O3. The highest BCUT2D eigenvalue weighted by Gasteiger charge is 2.44. The molecule has 2 aromatic carbocycles. The first-order valence-corrected chi connectivity index (χ1v) is 6.61. The highest BCUT2D eigenvalue weighted by Crippen LogP contribution is 2.45. The second-order valence-electron chi connectivity index (χ2n) is 4.99. The summed E-state index contributed by atoms with van der Waals surface area (Å²) in [6.45, 7) is 0.464. The Morgan fingerprint density at radius 1 is 1.15 bits per heavy atom. The van der Waals surface area contributed by atoms with Gasteiger partial charge in [-0.05, 0) is 11.6 Å². The molecule has 3 nitrogen and oxygen atoms in total. The maximum atomic E-state index is 11.9. The summed E-state index contributed by atoms with van der Waals surface area (Å²) in [6.07, 6.45) is 0.282. The number of fused-ring (bicyclic) bond motifs is 1. The van der Waals surface area contributed by atoms with E-state index < -0.39 is 5.41 Å². The average Bonchev–Trinajstić information content (AvgIpc) is 2.88. The Balaban J connectivity index is 2.13. The van der Waals surface area contributed by atoms with Crippen LogP contribution in [0.1, 0.15) is 17.5 Å². The molecule has 102 valence electrons. The molecule has 0 spiro atoms. The topological polar surface area (TPSA) is 35.5 Å². The molecule has 0 fully saturated rings. The van der Waals surface area contributed by atoms with Gasteiger partial charge >= 0.3 is 5.97 Å². The first-order chi connectivity index (χ1) is 9.76. The third kappa shape index (κ3) is 1.95. The summed E-state index contributed by atoms with van der Waals surface area (Å²) < 4.78 is 10.7. The van der Waals surface area contributed by atoms with Crippen LogP contribution in [0.2, 0.25) is 0 Å². The van der Waals surface area contributed by atoms with Crippen LogP contribution in [0.15, 0.2) is 54.6 Å². The molecule has 1 atom stereocenters. The van der Waals surface area contributed by atoms with Gasteiger partial charge in [-0.2, -0.15) is 0 Å². The lowest BCUT2D eigenvalue weighted by atomic mass is 9.73. The highest BCUT2D eigenvalue weighted by atomic mass is 16.5. The van der Waals surface area contributed by atoms with E-state index in [4.69, 9.17) is 9.47 Å². The van der Waals surface area contributed by atoms with Gasteiger partial charge in [-0.1, -0.05) is 48.5 Å². The number of carbonyl (C=O) groups excluding carboxylic acids is 1. The van der Waals surface area contributed by atoms with E-state index in [-0.39, 0.29) is 12.4 Å². The number of hydrogen-bond donors (Lipinski definition) is 0. The van der Waals surface area contributed by atoms with E-state index in [0.717, 1.165) is 16.9 Å². The van der Waals surface area contributed by atoms with Crippen molar-refractivity contribution in [2.75, 3.05) is 13.7 Å². The van der Waals surface area contributed by atoms with Crippen LogP contribution in [0.4, 0.5) is 0 Å². The maximum absolute atomic E-state index is 11.9. The monoisotopic (exact) mass is 268 g/mol. The lowest BCUT2D eigenvalue weighted by molar-refractivity contribution is -0.141. The van der Waals surface area contributed by atoms with Crippen LogP contribution in [0.5, 0.6) is 5.75 Å². The third-order valence-electron chi connectivity index (χ3n) is 3.88. The van der Waals surface area contributed by atoms with Gasteiger partial charge in [0.1, 0.15) is 12.4 Å². The minimum absolute atomic E-state index is 0.228. The summed E-state index contributed by atoms with van der Waals surface area (Å²) in [5, 5.41) is 0. The molecule has 20 heavy (non-hydrogen) atoms. The number of carbonyl (C=O) groups is 1. The molecule has 1 aliphatic rings. The van der Waals surface area contributed by atoms with Gasteiger partial charge in [0, 0.05) is 5.56 Å². The standard InChI is InChI=1S/C17H16O3/c1-19-16(18)11-17(13-7-3-2-4-8-13)12-20-15-10-6-5-9-14(15)17/h2-10H,11-12H2,1H3/t17-/m0/s1. The normalized spacial score (nSPS) is 20.1. The SMILES string of the molecule is COC(=O)C[C@@]1(c2ccccc2)COc2ccccc21. The second kappa shape index (κ2) is 5.00. The quantitative estimate of drug-likeness (QED) is 0.803. The minimum Gasteiger partial charge on any atom is -0.492 e. The largest absolute Gasteiger partial charge is 0.492 e. The van der Waals surface area contributed by atoms with Crippen LogP contribution in [-0.2, 0) is 14.9 Å². The summed E-state index contributed by atoms with van der Waals surface area (Å²) in [7, 11) is 1.42. The van der Waals surface area contributed by atoms with E-state index >= 15 is 0 Å².